The molecule has 1 aliphatic rings. The third kappa shape index (κ3) is 7.34. The second kappa shape index (κ2) is 6.97. The molecule has 4 nitrogen and oxygen atoms in total. The highest BCUT2D eigenvalue weighted by Gasteiger charge is 2.15. The van der Waals surface area contributed by atoms with Crippen LogP contribution in [-0.4, -0.2) is 37.4 Å². The molecule has 0 saturated carbocycles. The van der Waals surface area contributed by atoms with Gasteiger partial charge in [-0.2, -0.15) is 0 Å². The molecule has 1 N–H and O–H groups in total. The smallest absolute Gasteiger partial charge is 0.246 e. The highest BCUT2D eigenvalue weighted by molar-refractivity contribution is 5.77. The summed E-state index contributed by atoms with van der Waals surface area (Å²) < 4.78 is 11.0. The van der Waals surface area contributed by atoms with Crippen molar-refractivity contribution in [1.29, 1.82) is 0 Å². The largest absolute Gasteiger partial charge is 0.378 e. The Bertz CT molecular complexity index is 229. The summed E-state index contributed by atoms with van der Waals surface area (Å²) in [5.41, 5.74) is -0.260. The zero-order valence-electron chi connectivity index (χ0n) is 11.3. The van der Waals surface area contributed by atoms with Crippen molar-refractivity contribution in [1.82, 2.24) is 5.32 Å². The van der Waals surface area contributed by atoms with Crippen LogP contribution in [0.1, 0.15) is 46.5 Å². The quantitative estimate of drug-likeness (QED) is 0.802. The second-order valence-corrected chi connectivity index (χ2v) is 5.53. The molecule has 1 unspecified atom stereocenters. The number of amides is 1. The predicted octanol–water partition coefficient (Wildman–Crippen LogP) is 1.88. The van der Waals surface area contributed by atoms with Crippen molar-refractivity contribution >= 4 is 5.91 Å². The zero-order chi connectivity index (χ0) is 12.7. The van der Waals surface area contributed by atoms with E-state index in [0.29, 0.717) is 12.6 Å². The van der Waals surface area contributed by atoms with E-state index < -0.39 is 0 Å². The minimum atomic E-state index is -0.260. The third-order valence-corrected chi connectivity index (χ3v) is 2.70. The van der Waals surface area contributed by atoms with Gasteiger partial charge in [-0.15, -0.1) is 0 Å². The molecule has 0 aromatic heterocycles. The summed E-state index contributed by atoms with van der Waals surface area (Å²) in [6.45, 7) is 7.50. The van der Waals surface area contributed by atoms with E-state index in [2.05, 4.69) is 5.32 Å². The maximum atomic E-state index is 11.5. The molecular weight excluding hydrogens is 218 g/mol. The van der Waals surface area contributed by atoms with Crippen molar-refractivity contribution < 1.29 is 14.3 Å². The summed E-state index contributed by atoms with van der Waals surface area (Å²) in [7, 11) is 0. The molecule has 0 aromatic rings. The normalized spacial score (nSPS) is 21.2. The van der Waals surface area contributed by atoms with Crippen LogP contribution < -0.4 is 5.32 Å². The van der Waals surface area contributed by atoms with Gasteiger partial charge < -0.3 is 14.8 Å². The number of hydrogen-bond acceptors (Lipinski definition) is 3. The summed E-state index contributed by atoms with van der Waals surface area (Å²) >= 11 is 0. The Labute approximate surface area is 104 Å². The topological polar surface area (TPSA) is 47.6 Å². The molecule has 1 atom stereocenters. The van der Waals surface area contributed by atoms with Gasteiger partial charge >= 0.3 is 0 Å². The summed E-state index contributed by atoms with van der Waals surface area (Å²) in [4.78, 5) is 11.5. The Hall–Kier alpha value is -0.610. The van der Waals surface area contributed by atoms with Crippen LogP contribution in [0.5, 0.6) is 0 Å². The van der Waals surface area contributed by atoms with E-state index in [1.165, 1.54) is 12.8 Å². The van der Waals surface area contributed by atoms with Crippen LogP contribution in [0.3, 0.4) is 0 Å². The first-order chi connectivity index (χ1) is 7.97. The van der Waals surface area contributed by atoms with Crippen LogP contribution in [0.2, 0.25) is 0 Å². The molecule has 1 heterocycles. The fourth-order valence-corrected chi connectivity index (χ4v) is 1.74. The van der Waals surface area contributed by atoms with Gasteiger partial charge in [-0.05, 0) is 46.5 Å². The Morgan fingerprint density at radius 1 is 1.41 bits per heavy atom. The van der Waals surface area contributed by atoms with E-state index in [1.54, 1.807) is 0 Å². The zero-order valence-corrected chi connectivity index (χ0v) is 11.3. The standard InChI is InChI=1S/C13H25NO3/c1-13(2,3)17-10-12(15)14-8-7-11-6-4-5-9-16-11/h11H,4-10H2,1-3H3,(H,14,15). The number of carbonyl (C=O) groups is 1. The van der Waals surface area contributed by atoms with Crippen LogP contribution in [-0.2, 0) is 14.3 Å². The van der Waals surface area contributed by atoms with E-state index in [4.69, 9.17) is 9.47 Å². The van der Waals surface area contributed by atoms with Crippen LogP contribution in [0.4, 0.5) is 0 Å². The molecule has 0 radical (unpaired) electrons. The van der Waals surface area contributed by atoms with Crippen molar-refractivity contribution in [3.63, 3.8) is 0 Å². The fourth-order valence-electron chi connectivity index (χ4n) is 1.74. The molecule has 17 heavy (non-hydrogen) atoms. The van der Waals surface area contributed by atoms with Crippen LogP contribution in [0.15, 0.2) is 0 Å². The lowest BCUT2D eigenvalue weighted by Crippen LogP contribution is -2.34. The molecular formula is C13H25NO3. The average molecular weight is 243 g/mol. The van der Waals surface area contributed by atoms with Gasteiger partial charge in [0.05, 0.1) is 11.7 Å². The minimum absolute atomic E-state index is 0.0456. The molecule has 1 rings (SSSR count). The molecule has 0 spiro atoms. The molecule has 0 bridgehead atoms. The van der Waals surface area contributed by atoms with Gasteiger partial charge in [0.2, 0.25) is 5.91 Å². The van der Waals surface area contributed by atoms with Crippen LogP contribution in [0.25, 0.3) is 0 Å². The van der Waals surface area contributed by atoms with Crippen molar-refractivity contribution in [3.05, 3.63) is 0 Å². The second-order valence-electron chi connectivity index (χ2n) is 5.53. The van der Waals surface area contributed by atoms with Crippen molar-refractivity contribution in [2.75, 3.05) is 19.8 Å². The highest BCUT2D eigenvalue weighted by Crippen LogP contribution is 2.14. The highest BCUT2D eigenvalue weighted by atomic mass is 16.5. The first-order valence-corrected chi connectivity index (χ1v) is 6.49. The predicted molar refractivity (Wildman–Crippen MR) is 66.9 cm³/mol. The van der Waals surface area contributed by atoms with E-state index in [1.807, 2.05) is 20.8 Å². The summed E-state index contributed by atoms with van der Waals surface area (Å²) in [5, 5.41) is 2.86. The molecule has 4 heteroatoms. The molecule has 1 amide bonds. The molecule has 1 aliphatic heterocycles. The van der Waals surface area contributed by atoms with Crippen LogP contribution >= 0.6 is 0 Å². The van der Waals surface area contributed by atoms with E-state index in [0.717, 1.165) is 19.4 Å². The molecule has 0 aromatic carbocycles. The molecule has 1 fully saturated rings. The third-order valence-electron chi connectivity index (χ3n) is 2.70. The van der Waals surface area contributed by atoms with Gasteiger partial charge in [0.25, 0.3) is 0 Å². The summed E-state index contributed by atoms with van der Waals surface area (Å²) in [6, 6.07) is 0. The Kier molecular flexibility index (Phi) is 5.92. The lowest BCUT2D eigenvalue weighted by molar-refractivity contribution is -0.130. The number of ether oxygens (including phenoxy) is 2. The maximum Gasteiger partial charge on any atom is 0.246 e. The first kappa shape index (κ1) is 14.5. The van der Waals surface area contributed by atoms with E-state index >= 15 is 0 Å². The Morgan fingerprint density at radius 2 is 2.18 bits per heavy atom. The minimum Gasteiger partial charge on any atom is -0.378 e. The average Bonchev–Trinajstić information content (AvgIpc) is 2.27. The lowest BCUT2D eigenvalue weighted by Gasteiger charge is -2.23. The maximum absolute atomic E-state index is 11.5. The number of carbonyl (C=O) groups excluding carboxylic acids is 1. The lowest BCUT2D eigenvalue weighted by atomic mass is 10.1. The van der Waals surface area contributed by atoms with Crippen molar-refractivity contribution in [3.8, 4) is 0 Å². The van der Waals surface area contributed by atoms with Gasteiger partial charge in [-0.1, -0.05) is 0 Å². The van der Waals surface area contributed by atoms with Crippen molar-refractivity contribution in [2.24, 2.45) is 0 Å². The Balaban J connectivity index is 2.03. The van der Waals surface area contributed by atoms with Gasteiger partial charge in [0, 0.05) is 13.2 Å². The Morgan fingerprint density at radius 3 is 2.76 bits per heavy atom. The molecule has 1 saturated heterocycles. The first-order valence-electron chi connectivity index (χ1n) is 6.49. The van der Waals surface area contributed by atoms with E-state index in [-0.39, 0.29) is 18.1 Å². The van der Waals surface area contributed by atoms with Gasteiger partial charge in [-0.25, -0.2) is 0 Å². The van der Waals surface area contributed by atoms with E-state index in [9.17, 15) is 4.79 Å². The summed E-state index contributed by atoms with van der Waals surface area (Å²) in [5.74, 6) is -0.0456. The monoisotopic (exact) mass is 243 g/mol. The fraction of sp³-hybridized carbons (Fsp3) is 0.923. The van der Waals surface area contributed by atoms with Gasteiger partial charge in [-0.3, -0.25) is 4.79 Å². The summed E-state index contributed by atoms with van der Waals surface area (Å²) in [6.07, 6.45) is 4.76. The van der Waals surface area contributed by atoms with Gasteiger partial charge in [0.15, 0.2) is 0 Å². The number of nitrogens with one attached hydrogen (secondary N) is 1. The molecule has 100 valence electrons. The molecule has 0 aliphatic carbocycles. The number of hydrogen-bond donors (Lipinski definition) is 1. The van der Waals surface area contributed by atoms with Crippen LogP contribution in [0, 0.1) is 0 Å². The van der Waals surface area contributed by atoms with Crippen molar-refractivity contribution in [2.45, 2.75) is 58.2 Å². The van der Waals surface area contributed by atoms with Gasteiger partial charge in [0.1, 0.15) is 6.61 Å². The SMILES string of the molecule is CC(C)(C)OCC(=O)NCCC1CCCCO1. The number of rotatable bonds is 5.